The Morgan fingerprint density at radius 3 is 2.50 bits per heavy atom. The maximum atomic E-state index is 12.1. The summed E-state index contributed by atoms with van der Waals surface area (Å²) >= 11 is 11.9. The monoisotopic (exact) mass is 423 g/mol. The second-order valence-corrected chi connectivity index (χ2v) is 7.08. The molecule has 7 heteroatoms. The van der Waals surface area contributed by atoms with Crippen molar-refractivity contribution in [2.45, 2.75) is 32.3 Å². The highest BCUT2D eigenvalue weighted by Crippen LogP contribution is 2.31. The van der Waals surface area contributed by atoms with E-state index in [0.29, 0.717) is 16.3 Å². The molecule has 0 bridgehead atoms. The third-order valence-electron chi connectivity index (χ3n) is 4.15. The van der Waals surface area contributed by atoms with Crippen LogP contribution in [0, 0.1) is 0 Å². The number of benzene rings is 2. The molecule has 0 radical (unpaired) electrons. The van der Waals surface area contributed by atoms with Crippen molar-refractivity contribution in [3.63, 3.8) is 0 Å². The number of carbonyl (C=O) groups is 2. The fraction of sp³-hybridized carbons (Fsp3) is 0.333. The molecule has 1 atom stereocenters. The van der Waals surface area contributed by atoms with Gasteiger partial charge in [-0.2, -0.15) is 0 Å². The minimum Gasteiger partial charge on any atom is -0.489 e. The van der Waals surface area contributed by atoms with E-state index < -0.39 is 6.10 Å². The van der Waals surface area contributed by atoms with E-state index in [0.717, 1.165) is 12.0 Å². The van der Waals surface area contributed by atoms with Crippen LogP contribution >= 0.6 is 23.2 Å². The van der Waals surface area contributed by atoms with Crippen molar-refractivity contribution in [1.82, 2.24) is 5.32 Å². The molecule has 0 aliphatic heterocycles. The van der Waals surface area contributed by atoms with Crippen LogP contribution in [0.1, 0.15) is 35.7 Å². The highest BCUT2D eigenvalue weighted by atomic mass is 35.5. The standard InChI is InChI=1S/C21H23Cl2NO4/c1-2-14-6-8-15(9-7-14)18(26)10-11-20(27)24-12-16(25)13-28-19-5-3-4-17(22)21(19)23/h3-9,16,25H,2,10-13H2,1H3,(H,24,27). The van der Waals surface area contributed by atoms with Crippen LogP contribution in [0.5, 0.6) is 5.75 Å². The van der Waals surface area contributed by atoms with Gasteiger partial charge in [-0.1, -0.05) is 60.5 Å². The molecule has 0 aliphatic carbocycles. The molecule has 0 saturated carbocycles. The molecule has 2 N–H and O–H groups in total. The fourth-order valence-electron chi connectivity index (χ4n) is 2.46. The third kappa shape index (κ3) is 6.82. The second-order valence-electron chi connectivity index (χ2n) is 6.29. The lowest BCUT2D eigenvalue weighted by Gasteiger charge is -2.14. The number of aryl methyl sites for hydroxylation is 1. The van der Waals surface area contributed by atoms with Gasteiger partial charge in [0.2, 0.25) is 5.91 Å². The summed E-state index contributed by atoms with van der Waals surface area (Å²) in [5.41, 5.74) is 1.75. The minimum atomic E-state index is -0.920. The van der Waals surface area contributed by atoms with Crippen LogP contribution in [-0.2, 0) is 11.2 Å². The number of aliphatic hydroxyl groups is 1. The summed E-state index contributed by atoms with van der Waals surface area (Å²) in [5.74, 6) is -0.0325. The molecular formula is C21H23Cl2NO4. The smallest absolute Gasteiger partial charge is 0.220 e. The van der Waals surface area contributed by atoms with E-state index in [1.165, 1.54) is 0 Å². The number of ketones is 1. The molecule has 5 nitrogen and oxygen atoms in total. The summed E-state index contributed by atoms with van der Waals surface area (Å²) in [6.45, 7) is 2.00. The first-order chi connectivity index (χ1) is 13.4. The van der Waals surface area contributed by atoms with Crippen molar-refractivity contribution in [1.29, 1.82) is 0 Å². The van der Waals surface area contributed by atoms with E-state index in [2.05, 4.69) is 5.32 Å². The van der Waals surface area contributed by atoms with Crippen LogP contribution < -0.4 is 10.1 Å². The number of nitrogens with one attached hydrogen (secondary N) is 1. The lowest BCUT2D eigenvalue weighted by atomic mass is 10.0. The first-order valence-corrected chi connectivity index (χ1v) is 9.80. The number of rotatable bonds is 10. The normalized spacial score (nSPS) is 11.7. The molecule has 2 aromatic carbocycles. The summed E-state index contributed by atoms with van der Waals surface area (Å²) in [5, 5.41) is 13.2. The number of amides is 1. The first-order valence-electron chi connectivity index (χ1n) is 9.04. The van der Waals surface area contributed by atoms with Crippen molar-refractivity contribution >= 4 is 34.9 Å². The largest absolute Gasteiger partial charge is 0.489 e. The molecule has 0 fully saturated rings. The van der Waals surface area contributed by atoms with E-state index in [1.807, 2.05) is 19.1 Å². The van der Waals surface area contributed by atoms with Gasteiger partial charge in [-0.15, -0.1) is 0 Å². The Labute approximate surface area is 174 Å². The topological polar surface area (TPSA) is 75.6 Å². The van der Waals surface area contributed by atoms with Gasteiger partial charge in [-0.3, -0.25) is 9.59 Å². The molecule has 0 aliphatic rings. The van der Waals surface area contributed by atoms with Crippen molar-refractivity contribution in [2.75, 3.05) is 13.2 Å². The third-order valence-corrected chi connectivity index (χ3v) is 4.95. The lowest BCUT2D eigenvalue weighted by Crippen LogP contribution is -2.35. The molecule has 2 aromatic rings. The van der Waals surface area contributed by atoms with E-state index in [-0.39, 0.29) is 42.7 Å². The summed E-state index contributed by atoms with van der Waals surface area (Å²) in [7, 11) is 0. The molecule has 150 valence electrons. The van der Waals surface area contributed by atoms with Gasteiger partial charge in [0.25, 0.3) is 0 Å². The van der Waals surface area contributed by atoms with Gasteiger partial charge in [0.15, 0.2) is 5.78 Å². The number of ether oxygens (including phenoxy) is 1. The van der Waals surface area contributed by atoms with Crippen LogP contribution in [0.25, 0.3) is 0 Å². The van der Waals surface area contributed by atoms with Crippen LogP contribution in [0.2, 0.25) is 10.0 Å². The van der Waals surface area contributed by atoms with Crippen LogP contribution in [0.4, 0.5) is 0 Å². The van der Waals surface area contributed by atoms with Crippen molar-refractivity contribution < 1.29 is 19.4 Å². The van der Waals surface area contributed by atoms with Gasteiger partial charge >= 0.3 is 0 Å². The van der Waals surface area contributed by atoms with Crippen molar-refractivity contribution in [3.05, 3.63) is 63.6 Å². The molecule has 28 heavy (non-hydrogen) atoms. The molecule has 1 amide bonds. The minimum absolute atomic E-state index is 0.0103. The van der Waals surface area contributed by atoms with E-state index >= 15 is 0 Å². The lowest BCUT2D eigenvalue weighted by molar-refractivity contribution is -0.121. The van der Waals surface area contributed by atoms with Gasteiger partial charge in [-0.25, -0.2) is 0 Å². The zero-order valence-corrected chi connectivity index (χ0v) is 17.1. The second kappa shape index (κ2) is 11.1. The van der Waals surface area contributed by atoms with Gasteiger partial charge in [0.1, 0.15) is 23.5 Å². The Morgan fingerprint density at radius 2 is 1.82 bits per heavy atom. The molecule has 0 aromatic heterocycles. The average Bonchev–Trinajstić information content (AvgIpc) is 2.71. The number of hydrogen-bond acceptors (Lipinski definition) is 4. The fourth-order valence-corrected chi connectivity index (χ4v) is 2.80. The maximum absolute atomic E-state index is 12.1. The van der Waals surface area contributed by atoms with Crippen molar-refractivity contribution in [2.24, 2.45) is 0 Å². The molecule has 0 heterocycles. The Morgan fingerprint density at radius 1 is 1.11 bits per heavy atom. The summed E-state index contributed by atoms with van der Waals surface area (Å²) < 4.78 is 5.41. The highest BCUT2D eigenvalue weighted by molar-refractivity contribution is 6.42. The Hall–Kier alpha value is -2.08. The van der Waals surface area contributed by atoms with Gasteiger partial charge < -0.3 is 15.2 Å². The maximum Gasteiger partial charge on any atom is 0.220 e. The molecule has 0 saturated heterocycles. The molecule has 0 spiro atoms. The first kappa shape index (κ1) is 22.2. The predicted octanol–water partition coefficient (Wildman–Crippen LogP) is 4.07. The SMILES string of the molecule is CCc1ccc(C(=O)CCC(=O)NCC(O)COc2cccc(Cl)c2Cl)cc1. The summed E-state index contributed by atoms with van der Waals surface area (Å²) in [6, 6.07) is 12.3. The number of hydrogen-bond donors (Lipinski definition) is 2. The molecule has 2 rings (SSSR count). The Kier molecular flexibility index (Phi) is 8.77. The van der Waals surface area contributed by atoms with Gasteiger partial charge in [-0.05, 0) is 24.1 Å². The van der Waals surface area contributed by atoms with Gasteiger partial charge in [0.05, 0.1) is 5.02 Å². The number of Topliss-reactive ketones (excluding diaryl/α,β-unsaturated/α-hetero) is 1. The van der Waals surface area contributed by atoms with Gasteiger partial charge in [0, 0.05) is 24.9 Å². The highest BCUT2D eigenvalue weighted by Gasteiger charge is 2.13. The zero-order valence-electron chi connectivity index (χ0n) is 15.6. The Bertz CT molecular complexity index is 809. The number of halogens is 2. The van der Waals surface area contributed by atoms with Crippen LogP contribution in [0.15, 0.2) is 42.5 Å². The number of aliphatic hydroxyl groups excluding tert-OH is 1. The molecular weight excluding hydrogens is 401 g/mol. The van der Waals surface area contributed by atoms with Crippen molar-refractivity contribution in [3.8, 4) is 5.75 Å². The summed E-state index contributed by atoms with van der Waals surface area (Å²) in [4.78, 5) is 24.0. The number of carbonyl (C=O) groups excluding carboxylic acids is 2. The van der Waals surface area contributed by atoms with E-state index in [1.54, 1.807) is 30.3 Å². The van der Waals surface area contributed by atoms with E-state index in [9.17, 15) is 14.7 Å². The van der Waals surface area contributed by atoms with E-state index in [4.69, 9.17) is 27.9 Å². The zero-order chi connectivity index (χ0) is 20.5. The predicted molar refractivity (Wildman–Crippen MR) is 110 cm³/mol. The quantitative estimate of drug-likeness (QED) is 0.564. The Balaban J connectivity index is 1.69. The molecule has 1 unspecified atom stereocenters. The van der Waals surface area contributed by atoms with Crippen LogP contribution in [0.3, 0.4) is 0 Å². The van der Waals surface area contributed by atoms with Crippen LogP contribution in [-0.4, -0.2) is 36.1 Å². The average molecular weight is 424 g/mol. The summed E-state index contributed by atoms with van der Waals surface area (Å²) in [6.07, 6.45) is 0.160.